The average Bonchev–Trinajstić information content (AvgIpc) is 3.34. The van der Waals surface area contributed by atoms with Crippen molar-refractivity contribution in [1.82, 2.24) is 0 Å². The summed E-state index contributed by atoms with van der Waals surface area (Å²) in [5.41, 5.74) is 0. The molecule has 9 nitrogen and oxygen atoms in total. The van der Waals surface area contributed by atoms with Crippen molar-refractivity contribution in [2.24, 2.45) is 0 Å². The van der Waals surface area contributed by atoms with Gasteiger partial charge in [0, 0.05) is 13.0 Å². The molecule has 0 spiro atoms. The van der Waals surface area contributed by atoms with E-state index in [1.54, 1.807) is 0 Å². The Labute approximate surface area is 417 Å². The van der Waals surface area contributed by atoms with Gasteiger partial charge in [0.05, 0.1) is 19.8 Å². The molecule has 6 atom stereocenters. The second-order valence-electron chi connectivity index (χ2n) is 19.4. The number of carbonyl (C=O) groups excluding carboxylic acids is 1. The Kier molecular flexibility index (Phi) is 46.9. The number of rotatable bonds is 49. The molecule has 1 aliphatic heterocycles. The maximum atomic E-state index is 12.9. The van der Waals surface area contributed by atoms with Gasteiger partial charge in [-0.25, -0.2) is 0 Å². The van der Waals surface area contributed by atoms with Crippen LogP contribution in [0.1, 0.15) is 245 Å². The van der Waals surface area contributed by atoms with E-state index in [9.17, 15) is 25.2 Å². The Bertz CT molecular complexity index is 1230. The van der Waals surface area contributed by atoms with Crippen LogP contribution in [0.2, 0.25) is 0 Å². The van der Waals surface area contributed by atoms with Crippen LogP contribution in [-0.2, 0) is 23.7 Å². The zero-order valence-corrected chi connectivity index (χ0v) is 43.9. The second-order valence-corrected chi connectivity index (χ2v) is 19.4. The normalized spacial score (nSPS) is 19.5. The summed E-state index contributed by atoms with van der Waals surface area (Å²) >= 11 is 0. The molecule has 1 heterocycles. The molecule has 0 amide bonds. The first-order valence-corrected chi connectivity index (χ1v) is 28.4. The van der Waals surface area contributed by atoms with Crippen LogP contribution in [0.15, 0.2) is 60.8 Å². The second kappa shape index (κ2) is 49.9. The van der Waals surface area contributed by atoms with Gasteiger partial charge in [0.1, 0.15) is 30.5 Å². The molecule has 0 aromatic carbocycles. The smallest absolute Gasteiger partial charge is 0.306 e. The minimum atomic E-state index is -1.54. The van der Waals surface area contributed by atoms with Crippen LogP contribution >= 0.6 is 0 Å². The lowest BCUT2D eigenvalue weighted by Gasteiger charge is -2.39. The number of esters is 1. The van der Waals surface area contributed by atoms with Crippen LogP contribution in [-0.4, -0.2) is 89.6 Å². The van der Waals surface area contributed by atoms with E-state index in [1.807, 2.05) is 0 Å². The molecule has 1 aliphatic rings. The van der Waals surface area contributed by atoms with E-state index in [2.05, 4.69) is 74.6 Å². The van der Waals surface area contributed by atoms with Gasteiger partial charge >= 0.3 is 5.97 Å². The molecular weight excluding hydrogens is 853 g/mol. The molecule has 396 valence electrons. The van der Waals surface area contributed by atoms with Crippen molar-refractivity contribution in [2.75, 3.05) is 26.4 Å². The van der Waals surface area contributed by atoms with Gasteiger partial charge in [-0.3, -0.25) is 4.79 Å². The molecule has 1 fully saturated rings. The van der Waals surface area contributed by atoms with Gasteiger partial charge in [-0.2, -0.15) is 0 Å². The van der Waals surface area contributed by atoms with Crippen LogP contribution in [0, 0.1) is 0 Å². The fourth-order valence-corrected chi connectivity index (χ4v) is 8.54. The number of hydrogen-bond donors (Lipinski definition) is 4. The molecule has 1 saturated heterocycles. The predicted molar refractivity (Wildman–Crippen MR) is 284 cm³/mol. The molecule has 0 aromatic rings. The van der Waals surface area contributed by atoms with Crippen LogP contribution < -0.4 is 0 Å². The standard InChI is InChI=1S/C59H106O9/c1-3-5-7-9-11-13-15-17-19-21-23-25-26-27-29-31-33-35-37-39-41-43-45-47-49-65-51-53(52-66-59-58(64)57(63)56(62)54(50-60)68-59)67-55(61)48-46-44-42-40-38-36-34-32-30-28-24-22-20-18-16-14-12-10-8-6-4-2/h5,7,11,13,17,19,22-25,53-54,56-60,62-64H,3-4,6,8-10,12,14-16,18,20-21,26-52H2,1-2H3/b7-5-,13-11-,19-17-,24-22-,25-23-. The largest absolute Gasteiger partial charge is 0.457 e. The van der Waals surface area contributed by atoms with Gasteiger partial charge in [0.25, 0.3) is 0 Å². The summed E-state index contributed by atoms with van der Waals surface area (Å²) in [4.78, 5) is 12.9. The Balaban J connectivity index is 2.16. The highest BCUT2D eigenvalue weighted by atomic mass is 16.7. The molecule has 9 heteroatoms. The van der Waals surface area contributed by atoms with Gasteiger partial charge in [-0.1, -0.05) is 222 Å². The molecule has 0 radical (unpaired) electrons. The zero-order valence-electron chi connectivity index (χ0n) is 43.9. The van der Waals surface area contributed by atoms with Crippen LogP contribution in [0.3, 0.4) is 0 Å². The van der Waals surface area contributed by atoms with Crippen molar-refractivity contribution in [1.29, 1.82) is 0 Å². The van der Waals surface area contributed by atoms with Crippen LogP contribution in [0.25, 0.3) is 0 Å². The summed E-state index contributed by atoms with van der Waals surface area (Å²) in [6.07, 6.45) is 58.3. The Morgan fingerprint density at radius 3 is 1.37 bits per heavy atom. The summed E-state index contributed by atoms with van der Waals surface area (Å²) in [6, 6.07) is 0. The molecule has 4 N–H and O–H groups in total. The minimum Gasteiger partial charge on any atom is -0.457 e. The Morgan fingerprint density at radius 2 is 0.897 bits per heavy atom. The van der Waals surface area contributed by atoms with Gasteiger partial charge < -0.3 is 39.4 Å². The number of aliphatic hydroxyl groups excluding tert-OH is 4. The van der Waals surface area contributed by atoms with E-state index in [-0.39, 0.29) is 19.2 Å². The lowest BCUT2D eigenvalue weighted by molar-refractivity contribution is -0.305. The Morgan fingerprint density at radius 1 is 0.485 bits per heavy atom. The maximum Gasteiger partial charge on any atom is 0.306 e. The van der Waals surface area contributed by atoms with Crippen molar-refractivity contribution in [3.63, 3.8) is 0 Å². The highest BCUT2D eigenvalue weighted by Gasteiger charge is 2.44. The number of carbonyl (C=O) groups is 1. The van der Waals surface area contributed by atoms with Crippen LogP contribution in [0.5, 0.6) is 0 Å². The van der Waals surface area contributed by atoms with E-state index < -0.39 is 43.4 Å². The molecule has 0 aromatic heterocycles. The van der Waals surface area contributed by atoms with E-state index in [0.717, 1.165) is 57.8 Å². The highest BCUT2D eigenvalue weighted by molar-refractivity contribution is 5.69. The van der Waals surface area contributed by atoms with Crippen molar-refractivity contribution in [3.05, 3.63) is 60.8 Å². The number of allylic oxidation sites excluding steroid dienone is 10. The fourth-order valence-electron chi connectivity index (χ4n) is 8.54. The van der Waals surface area contributed by atoms with Crippen LogP contribution in [0.4, 0.5) is 0 Å². The molecule has 0 saturated carbocycles. The summed E-state index contributed by atoms with van der Waals surface area (Å²) in [5.74, 6) is -0.315. The van der Waals surface area contributed by atoms with Crippen molar-refractivity contribution in [3.8, 4) is 0 Å². The van der Waals surface area contributed by atoms with Gasteiger partial charge in [0.2, 0.25) is 0 Å². The predicted octanol–water partition coefficient (Wildman–Crippen LogP) is 14.6. The quantitative estimate of drug-likeness (QED) is 0.0267. The summed E-state index contributed by atoms with van der Waals surface area (Å²) < 4.78 is 23.0. The third-order valence-electron chi connectivity index (χ3n) is 12.9. The lowest BCUT2D eigenvalue weighted by atomic mass is 9.99. The monoisotopic (exact) mass is 959 g/mol. The zero-order chi connectivity index (χ0) is 49.2. The number of aliphatic hydroxyl groups is 4. The molecule has 68 heavy (non-hydrogen) atoms. The summed E-state index contributed by atoms with van der Waals surface area (Å²) in [5, 5.41) is 40.3. The maximum absolute atomic E-state index is 12.9. The number of unbranched alkanes of at least 4 members (excludes halogenated alkanes) is 28. The summed E-state index contributed by atoms with van der Waals surface area (Å²) in [7, 11) is 0. The average molecular weight is 959 g/mol. The van der Waals surface area contributed by atoms with Crippen molar-refractivity contribution < 1.29 is 44.2 Å². The first kappa shape index (κ1) is 63.9. The van der Waals surface area contributed by atoms with E-state index >= 15 is 0 Å². The SMILES string of the molecule is CC/C=C\C/C=C\C/C=C\C/C=C\CCCCCCCCCCCCCOCC(COC1OC(CO)C(O)C(O)C1O)OC(=O)CCCCCCCCCCC/C=C\CCCCCCCCCC. The molecule has 0 aliphatic carbocycles. The van der Waals surface area contributed by atoms with Gasteiger partial charge in [-0.15, -0.1) is 0 Å². The van der Waals surface area contributed by atoms with E-state index in [0.29, 0.717) is 13.0 Å². The Hall–Kier alpha value is -2.11. The third kappa shape index (κ3) is 39.6. The number of ether oxygens (including phenoxy) is 4. The molecule has 1 rings (SSSR count). The first-order chi connectivity index (χ1) is 33.4. The fraction of sp³-hybridized carbons (Fsp3) is 0.814. The highest BCUT2D eigenvalue weighted by Crippen LogP contribution is 2.23. The molecule has 0 bridgehead atoms. The van der Waals surface area contributed by atoms with E-state index in [4.69, 9.17) is 18.9 Å². The van der Waals surface area contributed by atoms with Crippen molar-refractivity contribution >= 4 is 5.97 Å². The lowest BCUT2D eigenvalue weighted by Crippen LogP contribution is -2.59. The minimum absolute atomic E-state index is 0.116. The third-order valence-corrected chi connectivity index (χ3v) is 12.9. The van der Waals surface area contributed by atoms with E-state index in [1.165, 1.54) is 167 Å². The molecule has 6 unspecified atom stereocenters. The topological polar surface area (TPSA) is 135 Å². The number of hydrogen-bond acceptors (Lipinski definition) is 9. The first-order valence-electron chi connectivity index (χ1n) is 28.4. The van der Waals surface area contributed by atoms with Gasteiger partial charge in [-0.05, 0) is 77.0 Å². The molecular formula is C59H106O9. The van der Waals surface area contributed by atoms with Gasteiger partial charge in [0.15, 0.2) is 6.29 Å². The van der Waals surface area contributed by atoms with Crippen molar-refractivity contribution in [2.45, 2.75) is 282 Å². The summed E-state index contributed by atoms with van der Waals surface area (Å²) in [6.45, 7) is 4.47.